The lowest BCUT2D eigenvalue weighted by Gasteiger charge is -2.20. The minimum Gasteiger partial charge on any atom is -0.462 e. The largest absolute Gasteiger partial charge is 0.462 e. The van der Waals surface area contributed by atoms with E-state index in [4.69, 9.17) is 0 Å². The summed E-state index contributed by atoms with van der Waals surface area (Å²) in [6.07, 6.45) is 5.93. The molecule has 1 aliphatic heterocycles. The predicted octanol–water partition coefficient (Wildman–Crippen LogP) is 2.52. The highest BCUT2D eigenvalue weighted by Gasteiger charge is 2.09. The van der Waals surface area contributed by atoms with Crippen molar-refractivity contribution in [2.75, 3.05) is 13.1 Å². The first-order valence-corrected chi connectivity index (χ1v) is 5.92. The van der Waals surface area contributed by atoms with Crippen LogP contribution in [0.2, 0.25) is 0 Å². The maximum atomic E-state index is 9.60. The summed E-state index contributed by atoms with van der Waals surface area (Å²) in [4.78, 5) is 9.60. The quantitative estimate of drug-likeness (QED) is 0.595. The summed E-state index contributed by atoms with van der Waals surface area (Å²) in [6.45, 7) is 12.1. The third-order valence-corrected chi connectivity index (χ3v) is 2.36. The Labute approximate surface area is 99.3 Å². The number of rotatable bonds is 3. The molecule has 0 aromatic rings. The van der Waals surface area contributed by atoms with Crippen LogP contribution < -0.4 is 5.32 Å². The van der Waals surface area contributed by atoms with Crippen LogP contribution in [0.3, 0.4) is 0 Å². The van der Waals surface area contributed by atoms with Crippen molar-refractivity contribution in [1.29, 1.82) is 0 Å². The van der Waals surface area contributed by atoms with E-state index in [0.29, 0.717) is 6.47 Å². The molecule has 0 aliphatic carbocycles. The van der Waals surface area contributed by atoms with Gasteiger partial charge in [0.1, 0.15) is 5.60 Å². The summed E-state index contributed by atoms with van der Waals surface area (Å²) in [5.74, 6) is 0.920. The van der Waals surface area contributed by atoms with E-state index in [1.54, 1.807) is 0 Å². The average molecular weight is 227 g/mol. The minimum absolute atomic E-state index is 0.318. The Morgan fingerprint density at radius 3 is 2.25 bits per heavy atom. The van der Waals surface area contributed by atoms with E-state index in [-0.39, 0.29) is 5.60 Å². The molecule has 0 aromatic heterocycles. The van der Waals surface area contributed by atoms with Crippen molar-refractivity contribution in [1.82, 2.24) is 5.32 Å². The zero-order valence-electron chi connectivity index (χ0n) is 10.8. The third kappa shape index (κ3) is 9.71. The first kappa shape index (κ1) is 15.2. The molecule has 94 valence electrons. The van der Waals surface area contributed by atoms with Crippen molar-refractivity contribution in [3.05, 3.63) is 12.7 Å². The Morgan fingerprint density at radius 1 is 1.38 bits per heavy atom. The van der Waals surface area contributed by atoms with Gasteiger partial charge in [0.05, 0.1) is 0 Å². The second-order valence-electron chi connectivity index (χ2n) is 5.04. The molecule has 1 N–H and O–H groups in total. The van der Waals surface area contributed by atoms with Crippen molar-refractivity contribution in [3.8, 4) is 0 Å². The minimum atomic E-state index is -0.318. The van der Waals surface area contributed by atoms with E-state index in [1.165, 1.54) is 32.4 Å². The lowest BCUT2D eigenvalue weighted by Crippen LogP contribution is -2.27. The van der Waals surface area contributed by atoms with Crippen LogP contribution in [0, 0.1) is 5.92 Å². The van der Waals surface area contributed by atoms with Gasteiger partial charge in [0, 0.05) is 0 Å². The van der Waals surface area contributed by atoms with Gasteiger partial charge in [-0.1, -0.05) is 6.08 Å². The summed E-state index contributed by atoms with van der Waals surface area (Å²) >= 11 is 0. The van der Waals surface area contributed by atoms with Crippen LogP contribution in [-0.4, -0.2) is 25.2 Å². The van der Waals surface area contributed by atoms with Gasteiger partial charge < -0.3 is 10.1 Å². The summed E-state index contributed by atoms with van der Waals surface area (Å²) in [5, 5.41) is 3.34. The molecular weight excluding hydrogens is 202 g/mol. The van der Waals surface area contributed by atoms with Gasteiger partial charge >= 0.3 is 0 Å². The van der Waals surface area contributed by atoms with Crippen LogP contribution in [-0.2, 0) is 9.53 Å². The highest BCUT2D eigenvalue weighted by molar-refractivity contribution is 5.37. The Hall–Kier alpha value is -0.830. The Morgan fingerprint density at radius 2 is 1.94 bits per heavy atom. The van der Waals surface area contributed by atoms with Crippen molar-refractivity contribution in [2.45, 2.75) is 45.6 Å². The van der Waals surface area contributed by atoms with Crippen LogP contribution in [0.1, 0.15) is 40.0 Å². The number of ether oxygens (including phenoxy) is 1. The molecule has 0 aromatic carbocycles. The molecule has 0 radical (unpaired) electrons. The fourth-order valence-electron chi connectivity index (χ4n) is 1.50. The third-order valence-electron chi connectivity index (χ3n) is 2.36. The predicted molar refractivity (Wildman–Crippen MR) is 67.3 cm³/mol. The van der Waals surface area contributed by atoms with Gasteiger partial charge in [0.15, 0.2) is 0 Å². The lowest BCUT2D eigenvalue weighted by molar-refractivity contribution is -0.138. The number of hydrogen-bond acceptors (Lipinski definition) is 3. The van der Waals surface area contributed by atoms with E-state index in [1.807, 2.05) is 26.8 Å². The van der Waals surface area contributed by atoms with E-state index in [2.05, 4.69) is 16.6 Å². The van der Waals surface area contributed by atoms with Crippen molar-refractivity contribution >= 4 is 6.47 Å². The van der Waals surface area contributed by atoms with Gasteiger partial charge in [-0.05, 0) is 59.0 Å². The van der Waals surface area contributed by atoms with E-state index >= 15 is 0 Å². The zero-order chi connectivity index (χ0) is 12.4. The maximum Gasteiger partial charge on any atom is 0.293 e. The van der Waals surface area contributed by atoms with Gasteiger partial charge in [-0.3, -0.25) is 4.79 Å². The second-order valence-corrected chi connectivity index (χ2v) is 5.04. The van der Waals surface area contributed by atoms with Gasteiger partial charge in [-0.25, -0.2) is 0 Å². The first-order chi connectivity index (χ1) is 7.49. The number of allylic oxidation sites excluding steroid dienone is 1. The lowest BCUT2D eigenvalue weighted by atomic mass is 9.95. The second kappa shape index (κ2) is 8.34. The molecule has 1 aliphatic rings. The number of piperidine rings is 1. The Bertz CT molecular complexity index is 191. The van der Waals surface area contributed by atoms with Crippen LogP contribution in [0.15, 0.2) is 12.7 Å². The SMILES string of the molecule is C=CCC1CCNCC1.CC(C)(C)OC=O. The number of carbonyl (C=O) groups excluding carboxylic acids is 1. The van der Waals surface area contributed by atoms with Gasteiger partial charge in [-0.2, -0.15) is 0 Å². The monoisotopic (exact) mass is 227 g/mol. The molecule has 0 unspecified atom stereocenters. The van der Waals surface area contributed by atoms with E-state index in [0.717, 1.165) is 5.92 Å². The topological polar surface area (TPSA) is 38.3 Å². The molecule has 0 saturated carbocycles. The van der Waals surface area contributed by atoms with Crippen molar-refractivity contribution < 1.29 is 9.53 Å². The Kier molecular flexibility index (Phi) is 7.90. The van der Waals surface area contributed by atoms with Crippen molar-refractivity contribution in [2.24, 2.45) is 5.92 Å². The fraction of sp³-hybridized carbons (Fsp3) is 0.769. The molecule has 0 spiro atoms. The van der Waals surface area contributed by atoms with Gasteiger partial charge in [-0.15, -0.1) is 6.58 Å². The summed E-state index contributed by atoms with van der Waals surface area (Å²) in [5.41, 5.74) is -0.318. The standard InChI is InChI=1S/C8H15N.C5H10O2/c1-2-3-8-4-6-9-7-5-8;1-5(2,3)7-4-6/h2,8-9H,1,3-7H2;4H,1-3H3. The van der Waals surface area contributed by atoms with Crippen LogP contribution in [0.5, 0.6) is 0 Å². The summed E-state index contributed by atoms with van der Waals surface area (Å²) in [7, 11) is 0. The number of carbonyl (C=O) groups is 1. The van der Waals surface area contributed by atoms with E-state index < -0.39 is 0 Å². The first-order valence-electron chi connectivity index (χ1n) is 5.92. The number of hydrogen-bond donors (Lipinski definition) is 1. The van der Waals surface area contributed by atoms with Crippen LogP contribution in [0.25, 0.3) is 0 Å². The number of nitrogens with one attached hydrogen (secondary N) is 1. The molecule has 16 heavy (non-hydrogen) atoms. The average Bonchev–Trinajstić information content (AvgIpc) is 2.19. The highest BCUT2D eigenvalue weighted by atomic mass is 16.5. The molecule has 3 nitrogen and oxygen atoms in total. The summed E-state index contributed by atoms with van der Waals surface area (Å²) in [6, 6.07) is 0. The normalized spacial score (nSPS) is 16.9. The summed E-state index contributed by atoms with van der Waals surface area (Å²) < 4.78 is 4.55. The van der Waals surface area contributed by atoms with Crippen LogP contribution >= 0.6 is 0 Å². The smallest absolute Gasteiger partial charge is 0.293 e. The van der Waals surface area contributed by atoms with Gasteiger partial charge in [0.2, 0.25) is 0 Å². The molecule has 1 rings (SSSR count). The van der Waals surface area contributed by atoms with Crippen molar-refractivity contribution in [3.63, 3.8) is 0 Å². The molecule has 3 heteroatoms. The molecule has 0 bridgehead atoms. The fourth-order valence-corrected chi connectivity index (χ4v) is 1.50. The maximum absolute atomic E-state index is 9.60. The molecule has 0 amide bonds. The molecule has 1 saturated heterocycles. The molecule has 1 fully saturated rings. The van der Waals surface area contributed by atoms with Crippen LogP contribution in [0.4, 0.5) is 0 Å². The molecular formula is C13H25NO2. The van der Waals surface area contributed by atoms with E-state index in [9.17, 15) is 4.79 Å². The Balaban J connectivity index is 0.000000293. The zero-order valence-corrected chi connectivity index (χ0v) is 10.8. The molecule has 0 atom stereocenters. The molecule has 1 heterocycles. The van der Waals surface area contributed by atoms with Gasteiger partial charge in [0.25, 0.3) is 6.47 Å². The highest BCUT2D eigenvalue weighted by Crippen LogP contribution is 2.15.